The standard InChI is InChI=1S/C19H18ClF3N4O2S2/c1-31(28,29)24-10-5-11-30-18-26-25-17(15-8-2-3-9-16(15)20)27(18)14-7-4-6-13(12-14)19(21,22)23/h2-4,6-9,12,24H,5,10-11H2,1H3. The number of rotatable bonds is 8. The minimum absolute atomic E-state index is 0.237. The highest BCUT2D eigenvalue weighted by Gasteiger charge is 2.31. The van der Waals surface area contributed by atoms with E-state index in [2.05, 4.69) is 14.9 Å². The third-order valence-electron chi connectivity index (χ3n) is 4.10. The van der Waals surface area contributed by atoms with Crippen LogP contribution >= 0.6 is 23.4 Å². The Kier molecular flexibility index (Phi) is 7.30. The molecule has 0 bridgehead atoms. The Morgan fingerprint density at radius 2 is 1.87 bits per heavy atom. The van der Waals surface area contributed by atoms with E-state index in [1.54, 1.807) is 24.3 Å². The molecule has 1 N–H and O–H groups in total. The fraction of sp³-hybridized carbons (Fsp3) is 0.263. The van der Waals surface area contributed by atoms with Crippen molar-refractivity contribution in [3.05, 3.63) is 59.1 Å². The molecule has 166 valence electrons. The molecule has 3 rings (SSSR count). The first-order valence-corrected chi connectivity index (χ1v) is 12.3. The van der Waals surface area contributed by atoms with Crippen molar-refractivity contribution in [3.63, 3.8) is 0 Å². The zero-order valence-corrected chi connectivity index (χ0v) is 18.6. The van der Waals surface area contributed by atoms with Gasteiger partial charge in [0.1, 0.15) is 0 Å². The van der Waals surface area contributed by atoms with Gasteiger partial charge in [0.25, 0.3) is 0 Å². The highest BCUT2D eigenvalue weighted by Crippen LogP contribution is 2.35. The van der Waals surface area contributed by atoms with Crippen LogP contribution in [0.25, 0.3) is 17.1 Å². The molecular formula is C19H18ClF3N4O2S2. The number of alkyl halides is 3. The number of thioether (sulfide) groups is 1. The summed E-state index contributed by atoms with van der Waals surface area (Å²) in [6.45, 7) is 0.237. The Labute approximate surface area is 186 Å². The second-order valence-electron chi connectivity index (χ2n) is 6.54. The van der Waals surface area contributed by atoms with E-state index in [0.717, 1.165) is 18.4 Å². The SMILES string of the molecule is CS(=O)(=O)NCCCSc1nnc(-c2ccccc2Cl)n1-c1cccc(C(F)(F)F)c1. The first-order valence-electron chi connectivity index (χ1n) is 9.01. The lowest BCUT2D eigenvalue weighted by atomic mass is 10.1. The van der Waals surface area contributed by atoms with Crippen LogP contribution in [0.1, 0.15) is 12.0 Å². The Morgan fingerprint density at radius 3 is 2.55 bits per heavy atom. The maximum Gasteiger partial charge on any atom is 0.416 e. The second kappa shape index (κ2) is 9.60. The van der Waals surface area contributed by atoms with Crippen molar-refractivity contribution < 1.29 is 21.6 Å². The van der Waals surface area contributed by atoms with Crippen LogP contribution in [0.2, 0.25) is 5.02 Å². The molecule has 0 saturated carbocycles. The van der Waals surface area contributed by atoms with Crippen LogP contribution in [0.15, 0.2) is 53.7 Å². The van der Waals surface area contributed by atoms with Crippen molar-refractivity contribution in [1.29, 1.82) is 0 Å². The summed E-state index contributed by atoms with van der Waals surface area (Å²) >= 11 is 7.54. The van der Waals surface area contributed by atoms with Gasteiger partial charge >= 0.3 is 6.18 Å². The summed E-state index contributed by atoms with van der Waals surface area (Å²) in [7, 11) is -3.29. The summed E-state index contributed by atoms with van der Waals surface area (Å²) in [5.74, 6) is 0.781. The molecule has 2 aromatic carbocycles. The Morgan fingerprint density at radius 1 is 1.13 bits per heavy atom. The Hall–Kier alpha value is -2.08. The molecule has 0 saturated heterocycles. The van der Waals surface area contributed by atoms with Crippen LogP contribution in [-0.4, -0.2) is 41.7 Å². The number of benzene rings is 2. The quantitative estimate of drug-likeness (QED) is 0.368. The molecule has 1 heterocycles. The monoisotopic (exact) mass is 490 g/mol. The average molecular weight is 491 g/mol. The van der Waals surface area contributed by atoms with E-state index >= 15 is 0 Å². The Bertz CT molecular complexity index is 1170. The van der Waals surface area contributed by atoms with Gasteiger partial charge in [-0.1, -0.05) is 41.6 Å². The van der Waals surface area contributed by atoms with Crippen LogP contribution < -0.4 is 4.72 Å². The predicted molar refractivity (Wildman–Crippen MR) is 115 cm³/mol. The summed E-state index contributed by atoms with van der Waals surface area (Å²) in [4.78, 5) is 0. The van der Waals surface area contributed by atoms with Crippen molar-refractivity contribution in [1.82, 2.24) is 19.5 Å². The van der Waals surface area contributed by atoms with Gasteiger partial charge in [0.2, 0.25) is 10.0 Å². The van der Waals surface area contributed by atoms with Gasteiger partial charge in [-0.3, -0.25) is 4.57 Å². The molecule has 3 aromatic rings. The van der Waals surface area contributed by atoms with Crippen LogP contribution in [0.4, 0.5) is 13.2 Å². The van der Waals surface area contributed by atoms with Crippen LogP contribution in [-0.2, 0) is 16.2 Å². The number of aromatic nitrogens is 3. The molecular weight excluding hydrogens is 473 g/mol. The number of nitrogens with zero attached hydrogens (tertiary/aromatic N) is 3. The predicted octanol–water partition coefficient (Wildman–Crippen LogP) is 4.64. The molecule has 0 spiro atoms. The van der Waals surface area contributed by atoms with E-state index in [1.807, 2.05) is 0 Å². The number of nitrogens with one attached hydrogen (secondary N) is 1. The summed E-state index contributed by atoms with van der Waals surface area (Å²) in [6.07, 6.45) is -2.94. The fourth-order valence-corrected chi connectivity index (χ4v) is 4.35. The molecule has 31 heavy (non-hydrogen) atoms. The van der Waals surface area contributed by atoms with Gasteiger partial charge in [0.05, 0.1) is 22.5 Å². The maximum absolute atomic E-state index is 13.3. The number of sulfonamides is 1. The molecule has 0 fully saturated rings. The maximum atomic E-state index is 13.3. The lowest BCUT2D eigenvalue weighted by molar-refractivity contribution is -0.137. The first-order chi connectivity index (χ1) is 14.6. The van der Waals surface area contributed by atoms with Crippen molar-refractivity contribution in [2.45, 2.75) is 17.8 Å². The van der Waals surface area contributed by atoms with Crippen molar-refractivity contribution in [3.8, 4) is 17.1 Å². The number of halogens is 4. The van der Waals surface area contributed by atoms with E-state index in [-0.39, 0.29) is 12.2 Å². The van der Waals surface area contributed by atoms with E-state index in [4.69, 9.17) is 11.6 Å². The van der Waals surface area contributed by atoms with E-state index in [9.17, 15) is 21.6 Å². The lowest BCUT2D eigenvalue weighted by Crippen LogP contribution is -2.23. The zero-order valence-electron chi connectivity index (χ0n) is 16.2. The molecule has 12 heteroatoms. The molecule has 0 unspecified atom stereocenters. The van der Waals surface area contributed by atoms with Gasteiger partial charge < -0.3 is 0 Å². The minimum atomic E-state index is -4.50. The molecule has 0 aliphatic carbocycles. The summed E-state index contributed by atoms with van der Waals surface area (Å²) in [6, 6.07) is 11.7. The number of hydrogen-bond acceptors (Lipinski definition) is 5. The van der Waals surface area contributed by atoms with Crippen molar-refractivity contribution >= 4 is 33.4 Å². The molecule has 0 amide bonds. The van der Waals surface area contributed by atoms with E-state index < -0.39 is 21.8 Å². The molecule has 0 aliphatic rings. The van der Waals surface area contributed by atoms with Crippen LogP contribution in [0.3, 0.4) is 0 Å². The minimum Gasteiger partial charge on any atom is -0.270 e. The van der Waals surface area contributed by atoms with Crippen molar-refractivity contribution in [2.75, 3.05) is 18.6 Å². The van der Waals surface area contributed by atoms with Gasteiger partial charge in [-0.25, -0.2) is 13.1 Å². The fourth-order valence-electron chi connectivity index (χ4n) is 2.73. The van der Waals surface area contributed by atoms with Crippen LogP contribution in [0.5, 0.6) is 0 Å². The topological polar surface area (TPSA) is 76.9 Å². The average Bonchev–Trinajstić information content (AvgIpc) is 3.10. The van der Waals surface area contributed by atoms with Crippen LogP contribution in [0, 0.1) is 0 Å². The van der Waals surface area contributed by atoms with Crippen molar-refractivity contribution in [2.24, 2.45) is 0 Å². The molecule has 0 radical (unpaired) electrons. The molecule has 1 aromatic heterocycles. The van der Waals surface area contributed by atoms with E-state index in [0.29, 0.717) is 33.7 Å². The smallest absolute Gasteiger partial charge is 0.270 e. The highest BCUT2D eigenvalue weighted by atomic mass is 35.5. The molecule has 0 aliphatic heterocycles. The first kappa shape index (κ1) is 23.6. The third-order valence-corrected chi connectivity index (χ3v) is 6.17. The highest BCUT2D eigenvalue weighted by molar-refractivity contribution is 7.99. The Balaban J connectivity index is 1.96. The largest absolute Gasteiger partial charge is 0.416 e. The lowest BCUT2D eigenvalue weighted by Gasteiger charge is -2.13. The summed E-state index contributed by atoms with van der Waals surface area (Å²) in [5, 5.41) is 9.07. The molecule has 0 atom stereocenters. The van der Waals surface area contributed by atoms with Gasteiger partial charge in [-0.2, -0.15) is 13.2 Å². The van der Waals surface area contributed by atoms with Gasteiger partial charge in [-0.05, 0) is 36.8 Å². The zero-order chi connectivity index (χ0) is 22.6. The summed E-state index contributed by atoms with van der Waals surface area (Å²) in [5.41, 5.74) is -0.0247. The van der Waals surface area contributed by atoms with Gasteiger partial charge in [0.15, 0.2) is 11.0 Å². The summed E-state index contributed by atoms with van der Waals surface area (Å²) < 4.78 is 66.0. The number of hydrogen-bond donors (Lipinski definition) is 1. The van der Waals surface area contributed by atoms with Gasteiger partial charge in [0, 0.05) is 17.9 Å². The normalized spacial score (nSPS) is 12.3. The third kappa shape index (κ3) is 6.22. The van der Waals surface area contributed by atoms with Gasteiger partial charge in [-0.15, -0.1) is 10.2 Å². The second-order valence-corrected chi connectivity index (χ2v) is 9.84. The molecule has 6 nitrogen and oxygen atoms in total. The van der Waals surface area contributed by atoms with E-state index in [1.165, 1.54) is 28.5 Å².